The van der Waals surface area contributed by atoms with E-state index in [-0.39, 0.29) is 22.7 Å². The number of rotatable bonds is 7. The second kappa shape index (κ2) is 10.8. The summed E-state index contributed by atoms with van der Waals surface area (Å²) in [4.78, 5) is 19.7. The Kier molecular flexibility index (Phi) is 7.87. The van der Waals surface area contributed by atoms with Crippen molar-refractivity contribution in [3.63, 3.8) is 0 Å². The van der Waals surface area contributed by atoms with Crippen LogP contribution in [0.2, 0.25) is 0 Å². The monoisotopic (exact) mass is 498 g/mol. The van der Waals surface area contributed by atoms with Crippen molar-refractivity contribution in [1.29, 1.82) is 0 Å². The lowest BCUT2D eigenvalue weighted by Gasteiger charge is -2.14. The van der Waals surface area contributed by atoms with Crippen LogP contribution in [0.4, 0.5) is 17.3 Å². The van der Waals surface area contributed by atoms with Gasteiger partial charge in [-0.1, -0.05) is 0 Å². The Morgan fingerprint density at radius 2 is 1.43 bits per heavy atom. The minimum atomic E-state index is -4.15. The number of benzene rings is 2. The number of carbonyl (C=O) groups is 1. The van der Waals surface area contributed by atoms with E-state index in [1.807, 2.05) is 0 Å². The van der Waals surface area contributed by atoms with Crippen molar-refractivity contribution in [2.24, 2.45) is 4.40 Å². The fraction of sp³-hybridized carbons (Fsp3) is 0.217. The highest BCUT2D eigenvalue weighted by molar-refractivity contribution is 7.90. The highest BCUT2D eigenvalue weighted by atomic mass is 32.2. The molecule has 11 nitrogen and oxygen atoms in total. The van der Waals surface area contributed by atoms with E-state index < -0.39 is 10.0 Å². The lowest BCUT2D eigenvalue weighted by atomic mass is 10.3. The Morgan fingerprint density at radius 3 is 2.00 bits per heavy atom. The quantitative estimate of drug-likeness (QED) is 0.330. The van der Waals surface area contributed by atoms with E-state index in [9.17, 15) is 13.2 Å². The number of amides is 1. The molecule has 0 atom stereocenters. The largest absolute Gasteiger partial charge is 0.493 e. The van der Waals surface area contributed by atoms with Gasteiger partial charge in [-0.2, -0.15) is 8.42 Å². The van der Waals surface area contributed by atoms with Crippen LogP contribution in [0.15, 0.2) is 57.8 Å². The molecule has 3 rings (SSSR count). The molecule has 12 heteroatoms. The Morgan fingerprint density at radius 1 is 0.829 bits per heavy atom. The number of methoxy groups -OCH3 is 2. The van der Waals surface area contributed by atoms with Crippen molar-refractivity contribution in [2.45, 2.75) is 25.7 Å². The third kappa shape index (κ3) is 6.90. The highest BCUT2D eigenvalue weighted by Crippen LogP contribution is 2.30. The van der Waals surface area contributed by atoms with E-state index in [1.165, 1.54) is 45.4 Å². The molecule has 0 aliphatic heterocycles. The Labute approximate surface area is 203 Å². The molecular formula is C23H26N6O5S. The van der Waals surface area contributed by atoms with Gasteiger partial charge in [0.25, 0.3) is 10.0 Å². The van der Waals surface area contributed by atoms with Gasteiger partial charge in [0.1, 0.15) is 0 Å². The summed E-state index contributed by atoms with van der Waals surface area (Å²) in [5, 5.41) is 8.38. The van der Waals surface area contributed by atoms with Crippen molar-refractivity contribution >= 4 is 39.2 Å². The third-order valence-corrected chi connectivity index (χ3v) is 5.83. The number of anilines is 3. The van der Waals surface area contributed by atoms with Crippen LogP contribution in [-0.4, -0.2) is 44.5 Å². The highest BCUT2D eigenvalue weighted by Gasteiger charge is 2.17. The minimum Gasteiger partial charge on any atom is -0.493 e. The number of aromatic nitrogens is 2. The van der Waals surface area contributed by atoms with E-state index in [4.69, 9.17) is 9.47 Å². The van der Waals surface area contributed by atoms with E-state index >= 15 is 0 Å². The Balaban J connectivity index is 2.00. The van der Waals surface area contributed by atoms with Gasteiger partial charge in [0.15, 0.2) is 11.5 Å². The van der Waals surface area contributed by atoms with Crippen LogP contribution in [-0.2, 0) is 14.8 Å². The number of carbonyl (C=O) groups excluding carboxylic acids is 1. The van der Waals surface area contributed by atoms with Crippen molar-refractivity contribution in [2.75, 3.05) is 30.2 Å². The molecule has 35 heavy (non-hydrogen) atoms. The lowest BCUT2D eigenvalue weighted by Crippen LogP contribution is -2.25. The SMILES string of the molecule is COc1ccc(N/C(=N\S(=O)(=O)c2ccc(NC(C)=O)cc2)Nc2nc(C)cc(C)n2)cc1OC. The summed E-state index contributed by atoms with van der Waals surface area (Å²) in [6.07, 6.45) is 0. The van der Waals surface area contributed by atoms with Gasteiger partial charge in [-0.25, -0.2) is 9.97 Å². The predicted molar refractivity (Wildman–Crippen MR) is 134 cm³/mol. The summed E-state index contributed by atoms with van der Waals surface area (Å²) in [5.74, 6) is 0.723. The van der Waals surface area contributed by atoms with Gasteiger partial charge in [0, 0.05) is 35.8 Å². The molecule has 0 spiro atoms. The molecular weight excluding hydrogens is 472 g/mol. The maximum absolute atomic E-state index is 13.1. The summed E-state index contributed by atoms with van der Waals surface area (Å²) in [6, 6.07) is 12.4. The first-order valence-electron chi connectivity index (χ1n) is 10.4. The average Bonchev–Trinajstić information content (AvgIpc) is 2.78. The summed E-state index contributed by atoms with van der Waals surface area (Å²) in [6.45, 7) is 4.96. The van der Waals surface area contributed by atoms with E-state index in [2.05, 4.69) is 30.3 Å². The van der Waals surface area contributed by atoms with Crippen LogP contribution in [0.25, 0.3) is 0 Å². The molecule has 0 aliphatic carbocycles. The smallest absolute Gasteiger partial charge is 0.285 e. The summed E-state index contributed by atoms with van der Waals surface area (Å²) in [7, 11) is -1.15. The van der Waals surface area contributed by atoms with Gasteiger partial charge in [-0.05, 0) is 56.3 Å². The van der Waals surface area contributed by atoms with Crippen molar-refractivity contribution in [3.8, 4) is 11.5 Å². The van der Waals surface area contributed by atoms with E-state index in [0.29, 0.717) is 34.3 Å². The number of aryl methyl sites for hydroxylation is 2. The maximum atomic E-state index is 13.1. The number of nitrogens with zero attached hydrogens (tertiary/aromatic N) is 3. The van der Waals surface area contributed by atoms with Crippen molar-refractivity contribution < 1.29 is 22.7 Å². The second-order valence-corrected chi connectivity index (χ2v) is 9.02. The zero-order chi connectivity index (χ0) is 25.6. The molecule has 3 N–H and O–H groups in total. The third-order valence-electron chi connectivity index (χ3n) is 4.54. The molecule has 1 heterocycles. The standard InChI is InChI=1S/C23H26N6O5S/c1-14-12-15(2)25-22(24-14)28-23(27-18-8-11-20(33-4)21(13-18)34-5)29-35(31,32)19-9-6-17(7-10-19)26-16(3)30/h6-13H,1-5H3,(H,26,30)(H2,24,25,27,28,29). The predicted octanol–water partition coefficient (Wildman–Crippen LogP) is 3.34. The van der Waals surface area contributed by atoms with Crippen LogP contribution >= 0.6 is 0 Å². The van der Waals surface area contributed by atoms with Crippen LogP contribution in [0.3, 0.4) is 0 Å². The average molecular weight is 499 g/mol. The van der Waals surface area contributed by atoms with Crippen LogP contribution in [0, 0.1) is 13.8 Å². The first-order valence-corrected chi connectivity index (χ1v) is 11.8. The zero-order valence-corrected chi connectivity index (χ0v) is 20.7. The molecule has 184 valence electrons. The van der Waals surface area contributed by atoms with Gasteiger partial charge in [-0.15, -0.1) is 4.40 Å². The van der Waals surface area contributed by atoms with E-state index in [1.54, 1.807) is 38.1 Å². The van der Waals surface area contributed by atoms with Gasteiger partial charge in [-0.3, -0.25) is 10.1 Å². The summed E-state index contributed by atoms with van der Waals surface area (Å²) in [5.41, 5.74) is 2.34. The summed E-state index contributed by atoms with van der Waals surface area (Å²) >= 11 is 0. The van der Waals surface area contributed by atoms with Gasteiger partial charge in [0.2, 0.25) is 17.8 Å². The molecule has 0 saturated carbocycles. The molecule has 0 unspecified atom stereocenters. The van der Waals surface area contributed by atoms with Crippen LogP contribution < -0.4 is 25.4 Å². The fourth-order valence-electron chi connectivity index (χ4n) is 3.10. The summed E-state index contributed by atoms with van der Waals surface area (Å²) < 4.78 is 40.7. The first kappa shape index (κ1) is 25.4. The molecule has 0 fully saturated rings. The molecule has 3 aromatic rings. The Hall–Kier alpha value is -4.19. The van der Waals surface area contributed by atoms with Gasteiger partial charge in [0.05, 0.1) is 19.1 Å². The van der Waals surface area contributed by atoms with Gasteiger partial charge >= 0.3 is 0 Å². The van der Waals surface area contributed by atoms with Crippen molar-refractivity contribution in [1.82, 2.24) is 9.97 Å². The van der Waals surface area contributed by atoms with Gasteiger partial charge < -0.3 is 20.1 Å². The number of nitrogens with one attached hydrogen (secondary N) is 3. The normalized spacial score (nSPS) is 11.5. The molecule has 0 aliphatic rings. The molecule has 2 aromatic carbocycles. The lowest BCUT2D eigenvalue weighted by molar-refractivity contribution is -0.114. The number of guanidine groups is 1. The molecule has 0 bridgehead atoms. The molecule has 1 amide bonds. The zero-order valence-electron chi connectivity index (χ0n) is 19.9. The Bertz CT molecular complexity index is 1340. The number of ether oxygens (including phenoxy) is 2. The number of hydrogen-bond acceptors (Lipinski definition) is 7. The van der Waals surface area contributed by atoms with Crippen molar-refractivity contribution in [3.05, 3.63) is 59.9 Å². The second-order valence-electron chi connectivity index (χ2n) is 7.41. The topological polar surface area (TPSA) is 144 Å². The van der Waals surface area contributed by atoms with Crippen LogP contribution in [0.5, 0.6) is 11.5 Å². The molecule has 1 aromatic heterocycles. The number of hydrogen-bond donors (Lipinski definition) is 3. The molecule has 0 radical (unpaired) electrons. The molecule has 0 saturated heterocycles. The number of sulfonamides is 1. The first-order chi connectivity index (χ1) is 16.6. The maximum Gasteiger partial charge on any atom is 0.285 e. The van der Waals surface area contributed by atoms with Crippen LogP contribution in [0.1, 0.15) is 18.3 Å². The fourth-order valence-corrected chi connectivity index (χ4v) is 4.02. The van der Waals surface area contributed by atoms with E-state index in [0.717, 1.165) is 0 Å². The minimum absolute atomic E-state index is 0.0682.